The van der Waals surface area contributed by atoms with Gasteiger partial charge in [-0.2, -0.15) is 14.0 Å². The number of amides is 4. The number of likely N-dealkylation sites (tertiary alicyclic amines) is 1. The molecule has 4 aliphatic rings. The summed E-state index contributed by atoms with van der Waals surface area (Å²) in [6, 6.07) is -1.08. The number of halogens is 3. The molecule has 3 N–H and O–H groups in total. The van der Waals surface area contributed by atoms with Crippen LogP contribution in [0.4, 0.5) is 8.78 Å². The number of nitrogens with one attached hydrogen (secondary N) is 3. The first-order chi connectivity index (χ1) is 17.2. The van der Waals surface area contributed by atoms with Crippen LogP contribution in [0.25, 0.3) is 0 Å². The molecule has 2 saturated heterocycles. The number of hydrogen-bond acceptors (Lipinski definition) is 5. The zero-order chi connectivity index (χ0) is 27.3. The van der Waals surface area contributed by atoms with Crippen molar-refractivity contribution in [2.24, 2.45) is 35.0 Å². The minimum Gasteiger partial charge on any atom is -0.356 e. The summed E-state index contributed by atoms with van der Waals surface area (Å²) in [7, 11) is 0. The van der Waals surface area contributed by atoms with E-state index in [9.17, 15) is 33.2 Å². The SMILES string of the molecule is CC(C)(C)C(NC(=O)C(F)(F)Cl)C(=O)N1CC2C3CCC(C3)C2C1C(=O)NC(C#N)CC1CCNC1=O. The van der Waals surface area contributed by atoms with Crippen molar-refractivity contribution in [3.8, 4) is 6.07 Å². The maximum absolute atomic E-state index is 13.8. The largest absolute Gasteiger partial charge is 0.399 e. The van der Waals surface area contributed by atoms with Crippen LogP contribution in [0, 0.1) is 46.3 Å². The van der Waals surface area contributed by atoms with Gasteiger partial charge in [-0.25, -0.2) is 0 Å². The molecule has 0 aromatic heterocycles. The summed E-state index contributed by atoms with van der Waals surface area (Å²) in [6.45, 7) is 5.71. The number of hydrogen-bond donors (Lipinski definition) is 3. The molecular weight excluding hydrogens is 508 g/mol. The van der Waals surface area contributed by atoms with E-state index < -0.39 is 46.6 Å². The highest BCUT2D eigenvalue weighted by Crippen LogP contribution is 2.57. The number of nitriles is 1. The lowest BCUT2D eigenvalue weighted by molar-refractivity contribution is -0.148. The van der Waals surface area contributed by atoms with Crippen LogP contribution in [0.15, 0.2) is 0 Å². The smallest absolute Gasteiger partial charge is 0.356 e. The number of carbonyl (C=O) groups is 4. The van der Waals surface area contributed by atoms with Gasteiger partial charge in [-0.05, 0) is 72.8 Å². The highest BCUT2D eigenvalue weighted by atomic mass is 35.5. The van der Waals surface area contributed by atoms with Gasteiger partial charge in [0.2, 0.25) is 17.7 Å². The van der Waals surface area contributed by atoms with E-state index in [0.717, 1.165) is 19.3 Å². The van der Waals surface area contributed by atoms with Crippen molar-refractivity contribution in [1.29, 1.82) is 5.26 Å². The Morgan fingerprint density at radius 3 is 2.43 bits per heavy atom. The average molecular weight is 542 g/mol. The van der Waals surface area contributed by atoms with Crippen LogP contribution < -0.4 is 16.0 Å². The fraction of sp³-hybridized carbons (Fsp3) is 0.800. The molecule has 2 bridgehead atoms. The van der Waals surface area contributed by atoms with Crippen molar-refractivity contribution in [3.05, 3.63) is 0 Å². The average Bonchev–Trinajstić information content (AvgIpc) is 3.57. The van der Waals surface area contributed by atoms with E-state index in [1.165, 1.54) is 4.90 Å². The van der Waals surface area contributed by atoms with Crippen LogP contribution in [0.2, 0.25) is 0 Å². The zero-order valence-corrected chi connectivity index (χ0v) is 22.0. The topological polar surface area (TPSA) is 131 Å². The lowest BCUT2D eigenvalue weighted by atomic mass is 9.78. The third-order valence-electron chi connectivity index (χ3n) is 8.62. The Bertz CT molecular complexity index is 1010. The molecule has 2 heterocycles. The Kier molecular flexibility index (Phi) is 7.45. The third-order valence-corrected chi connectivity index (χ3v) is 8.79. The van der Waals surface area contributed by atoms with Gasteiger partial charge in [-0.3, -0.25) is 19.2 Å². The van der Waals surface area contributed by atoms with E-state index in [0.29, 0.717) is 18.9 Å². The van der Waals surface area contributed by atoms with Gasteiger partial charge >= 0.3 is 11.3 Å². The first-order valence-electron chi connectivity index (χ1n) is 12.9. The first kappa shape index (κ1) is 27.6. The molecule has 0 radical (unpaired) electrons. The van der Waals surface area contributed by atoms with Gasteiger partial charge in [0, 0.05) is 19.0 Å². The first-order valence-corrected chi connectivity index (χ1v) is 13.3. The van der Waals surface area contributed by atoms with Gasteiger partial charge in [0.25, 0.3) is 0 Å². The lowest BCUT2D eigenvalue weighted by Gasteiger charge is -2.37. The van der Waals surface area contributed by atoms with Gasteiger partial charge in [0.05, 0.1) is 6.07 Å². The summed E-state index contributed by atoms with van der Waals surface area (Å²) in [4.78, 5) is 52.9. The molecule has 4 fully saturated rings. The Morgan fingerprint density at radius 1 is 1.19 bits per heavy atom. The molecule has 204 valence electrons. The second-order valence-electron chi connectivity index (χ2n) is 12.0. The molecule has 2 aliphatic heterocycles. The van der Waals surface area contributed by atoms with Crippen LogP contribution in [-0.4, -0.2) is 65.1 Å². The van der Waals surface area contributed by atoms with Crippen LogP contribution >= 0.6 is 11.6 Å². The number of nitrogens with zero attached hydrogens (tertiary/aromatic N) is 2. The van der Waals surface area contributed by atoms with Gasteiger partial charge in [0.1, 0.15) is 18.1 Å². The summed E-state index contributed by atoms with van der Waals surface area (Å²) in [6.07, 6.45) is 3.67. The lowest BCUT2D eigenvalue weighted by Crippen LogP contribution is -2.60. The second-order valence-corrected chi connectivity index (χ2v) is 12.5. The van der Waals surface area contributed by atoms with E-state index >= 15 is 0 Å². The van der Waals surface area contributed by atoms with E-state index in [4.69, 9.17) is 11.6 Å². The summed E-state index contributed by atoms with van der Waals surface area (Å²) >= 11 is 4.91. The Labute approximate surface area is 220 Å². The van der Waals surface area contributed by atoms with Crippen LogP contribution in [-0.2, 0) is 19.2 Å². The second kappa shape index (κ2) is 10.0. The van der Waals surface area contributed by atoms with E-state index in [1.807, 2.05) is 0 Å². The molecule has 0 spiro atoms. The number of rotatable bonds is 7. The minimum absolute atomic E-state index is 0.0883. The molecular formula is C25H34ClF2N5O4. The maximum atomic E-state index is 13.8. The molecule has 9 nitrogen and oxygen atoms in total. The number of alkyl halides is 3. The fourth-order valence-electron chi connectivity index (χ4n) is 6.89. The van der Waals surface area contributed by atoms with Crippen molar-refractivity contribution in [1.82, 2.24) is 20.9 Å². The summed E-state index contributed by atoms with van der Waals surface area (Å²) < 4.78 is 27.0. The fourth-order valence-corrected chi connectivity index (χ4v) is 6.95. The summed E-state index contributed by atoms with van der Waals surface area (Å²) in [5, 5.41) is 13.1. The highest BCUT2D eigenvalue weighted by Gasteiger charge is 2.60. The monoisotopic (exact) mass is 541 g/mol. The molecule has 8 unspecified atom stereocenters. The molecule has 0 aromatic carbocycles. The zero-order valence-electron chi connectivity index (χ0n) is 21.2. The van der Waals surface area contributed by atoms with Gasteiger partial charge in [-0.1, -0.05) is 20.8 Å². The standard InChI is InChI=1S/C25H34ClF2N5O4/c1-24(2,3)19(32-23(37)25(26,27)28)22(36)33-11-16-12-4-5-13(8-12)17(16)18(33)21(35)31-15(10-29)9-14-6-7-30-20(14)34/h12-19H,4-9,11H2,1-3H3,(H,30,34)(H,31,35)(H,32,37). The van der Waals surface area contributed by atoms with Crippen molar-refractivity contribution >= 4 is 35.2 Å². The van der Waals surface area contributed by atoms with E-state index in [-0.39, 0.29) is 42.5 Å². The van der Waals surface area contributed by atoms with Gasteiger partial charge in [-0.15, -0.1) is 0 Å². The molecule has 12 heteroatoms. The molecule has 0 aromatic rings. The van der Waals surface area contributed by atoms with E-state index in [1.54, 1.807) is 20.8 Å². The summed E-state index contributed by atoms with van der Waals surface area (Å²) in [5.74, 6) is -2.82. The molecule has 4 rings (SSSR count). The van der Waals surface area contributed by atoms with Crippen LogP contribution in [0.1, 0.15) is 52.9 Å². The Hall–Kier alpha value is -2.48. The normalized spacial score (nSPS) is 32.4. The van der Waals surface area contributed by atoms with Crippen molar-refractivity contribution in [2.45, 2.75) is 76.4 Å². The van der Waals surface area contributed by atoms with Crippen LogP contribution in [0.3, 0.4) is 0 Å². The molecule has 2 aliphatic carbocycles. The predicted molar refractivity (Wildman–Crippen MR) is 129 cm³/mol. The quantitative estimate of drug-likeness (QED) is 0.423. The highest BCUT2D eigenvalue weighted by molar-refractivity contribution is 6.32. The third kappa shape index (κ3) is 5.40. The van der Waals surface area contributed by atoms with Crippen LogP contribution in [0.5, 0.6) is 0 Å². The number of carbonyl (C=O) groups excluding carboxylic acids is 4. The molecule has 37 heavy (non-hydrogen) atoms. The van der Waals surface area contributed by atoms with E-state index in [2.05, 4.69) is 22.0 Å². The Balaban J connectivity index is 1.58. The minimum atomic E-state index is -4.19. The van der Waals surface area contributed by atoms with Crippen molar-refractivity contribution in [2.75, 3.05) is 13.1 Å². The Morgan fingerprint density at radius 2 is 1.86 bits per heavy atom. The predicted octanol–water partition coefficient (Wildman–Crippen LogP) is 1.76. The van der Waals surface area contributed by atoms with Crippen molar-refractivity contribution in [3.63, 3.8) is 0 Å². The van der Waals surface area contributed by atoms with Gasteiger partial charge in [0.15, 0.2) is 0 Å². The van der Waals surface area contributed by atoms with Gasteiger partial charge < -0.3 is 20.9 Å². The molecule has 8 atom stereocenters. The molecule has 4 amide bonds. The number of fused-ring (bicyclic) bond motifs is 5. The summed E-state index contributed by atoms with van der Waals surface area (Å²) in [5.41, 5.74) is -0.947. The van der Waals surface area contributed by atoms with Crippen molar-refractivity contribution < 1.29 is 28.0 Å². The molecule has 2 saturated carbocycles. The maximum Gasteiger partial charge on any atom is 0.399 e.